The summed E-state index contributed by atoms with van der Waals surface area (Å²) in [5.41, 5.74) is -0.576. The number of carbonyl (C=O) groups is 2. The van der Waals surface area contributed by atoms with Gasteiger partial charge in [-0.1, -0.05) is 13.2 Å². The van der Waals surface area contributed by atoms with Crippen molar-refractivity contribution in [3.8, 4) is 12.1 Å². The van der Waals surface area contributed by atoms with Crippen LogP contribution in [0.25, 0.3) is 0 Å². The van der Waals surface area contributed by atoms with Gasteiger partial charge in [0, 0.05) is 0 Å². The van der Waals surface area contributed by atoms with Crippen molar-refractivity contribution in [2.45, 2.75) is 0 Å². The summed E-state index contributed by atoms with van der Waals surface area (Å²) in [6, 6.07) is 3.11. The molecule has 0 aliphatic heterocycles. The van der Waals surface area contributed by atoms with Crippen molar-refractivity contribution < 1.29 is 23.8 Å². The maximum absolute atomic E-state index is 11.0. The van der Waals surface area contributed by atoms with Gasteiger partial charge in [-0.25, -0.2) is 9.59 Å². The van der Waals surface area contributed by atoms with Gasteiger partial charge in [0.1, 0.15) is 36.5 Å². The molecule has 0 heterocycles. The highest BCUT2D eigenvalue weighted by Gasteiger charge is 2.07. The molecule has 0 fully saturated rings. The maximum atomic E-state index is 11.0. The number of ether oxygens (including phenoxy) is 3. The van der Waals surface area contributed by atoms with Crippen molar-refractivity contribution in [2.75, 3.05) is 26.4 Å². The molecule has 0 bridgehead atoms. The molecule has 0 saturated carbocycles. The number of carbonyl (C=O) groups excluding carboxylic acids is 2. The summed E-state index contributed by atoms with van der Waals surface area (Å²) in [5, 5.41) is 16.7. The van der Waals surface area contributed by atoms with Crippen LogP contribution in [0.3, 0.4) is 0 Å². The monoisotopic (exact) mass is 264 g/mol. The lowest BCUT2D eigenvalue weighted by atomic mass is 10.3. The van der Waals surface area contributed by atoms with Gasteiger partial charge >= 0.3 is 11.9 Å². The molecule has 19 heavy (non-hydrogen) atoms. The van der Waals surface area contributed by atoms with Gasteiger partial charge in [0.05, 0.1) is 13.2 Å². The normalized spacial score (nSPS) is 8.74. The van der Waals surface area contributed by atoms with Crippen molar-refractivity contribution in [1.82, 2.24) is 0 Å². The van der Waals surface area contributed by atoms with Crippen LogP contribution in [0.2, 0.25) is 0 Å². The number of rotatable bonds is 8. The minimum absolute atomic E-state index is 0.0433. The number of esters is 2. The molecule has 0 amide bonds. The minimum atomic E-state index is -0.803. The molecule has 0 aliphatic carbocycles. The lowest BCUT2D eigenvalue weighted by Crippen LogP contribution is -2.15. The highest BCUT2D eigenvalue weighted by atomic mass is 16.6. The first-order valence-corrected chi connectivity index (χ1v) is 5.13. The lowest BCUT2D eigenvalue weighted by Gasteiger charge is -2.05. The molecular formula is C12H12N2O5. The Bertz CT molecular complexity index is 414. The zero-order valence-corrected chi connectivity index (χ0v) is 10.2. The van der Waals surface area contributed by atoms with E-state index in [-0.39, 0.29) is 37.6 Å². The molecular weight excluding hydrogens is 252 g/mol. The molecule has 0 N–H and O–H groups in total. The molecule has 0 aromatic rings. The van der Waals surface area contributed by atoms with Gasteiger partial charge in [0.15, 0.2) is 0 Å². The van der Waals surface area contributed by atoms with Gasteiger partial charge in [-0.3, -0.25) is 0 Å². The summed E-state index contributed by atoms with van der Waals surface area (Å²) in [4.78, 5) is 21.9. The van der Waals surface area contributed by atoms with Gasteiger partial charge < -0.3 is 14.2 Å². The van der Waals surface area contributed by atoms with Crippen LogP contribution >= 0.6 is 0 Å². The summed E-state index contributed by atoms with van der Waals surface area (Å²) < 4.78 is 14.2. The van der Waals surface area contributed by atoms with E-state index < -0.39 is 11.9 Å². The second kappa shape index (κ2) is 9.40. The van der Waals surface area contributed by atoms with Crippen LogP contribution in [0.1, 0.15) is 0 Å². The van der Waals surface area contributed by atoms with E-state index in [9.17, 15) is 9.59 Å². The standard InChI is InChI=1S/C12H12N2O5/c1-9(7-13)11(15)18-5-3-17-4-6-19-12(16)10(2)8-14/h1-6H2. The Kier molecular flexibility index (Phi) is 8.09. The van der Waals surface area contributed by atoms with Gasteiger partial charge in [0.25, 0.3) is 0 Å². The first-order valence-electron chi connectivity index (χ1n) is 5.13. The fourth-order valence-corrected chi connectivity index (χ4v) is 0.754. The molecule has 100 valence electrons. The average Bonchev–Trinajstić information content (AvgIpc) is 2.43. The third-order valence-corrected chi connectivity index (χ3v) is 1.68. The van der Waals surface area contributed by atoms with E-state index in [1.54, 1.807) is 12.1 Å². The Balaban J connectivity index is 3.53. The zero-order chi connectivity index (χ0) is 14.7. The fraction of sp³-hybridized carbons (Fsp3) is 0.333. The van der Waals surface area contributed by atoms with Crippen LogP contribution in [-0.4, -0.2) is 38.4 Å². The molecule has 0 aliphatic rings. The highest BCUT2D eigenvalue weighted by molar-refractivity contribution is 5.92. The number of nitrogens with zero attached hydrogens (tertiary/aromatic N) is 2. The van der Waals surface area contributed by atoms with Crippen molar-refractivity contribution in [3.63, 3.8) is 0 Å². The van der Waals surface area contributed by atoms with Gasteiger partial charge in [-0.15, -0.1) is 0 Å². The summed E-state index contributed by atoms with van der Waals surface area (Å²) >= 11 is 0. The molecule has 0 rings (SSSR count). The first kappa shape index (κ1) is 16.4. The van der Waals surface area contributed by atoms with E-state index >= 15 is 0 Å². The lowest BCUT2D eigenvalue weighted by molar-refractivity contribution is -0.141. The van der Waals surface area contributed by atoms with Crippen molar-refractivity contribution in [3.05, 3.63) is 24.3 Å². The van der Waals surface area contributed by atoms with E-state index in [0.29, 0.717) is 0 Å². The van der Waals surface area contributed by atoms with Crippen LogP contribution in [-0.2, 0) is 23.8 Å². The van der Waals surface area contributed by atoms with E-state index in [0.717, 1.165) is 0 Å². The summed E-state index contributed by atoms with van der Waals surface area (Å²) in [5.74, 6) is -1.61. The predicted octanol–water partition coefficient (Wildman–Crippen LogP) is 0.249. The average molecular weight is 264 g/mol. The van der Waals surface area contributed by atoms with Crippen LogP contribution in [0, 0.1) is 22.7 Å². The molecule has 0 radical (unpaired) electrons. The van der Waals surface area contributed by atoms with Crippen LogP contribution in [0.5, 0.6) is 0 Å². The molecule has 0 saturated heterocycles. The van der Waals surface area contributed by atoms with Crippen molar-refractivity contribution in [2.24, 2.45) is 0 Å². The largest absolute Gasteiger partial charge is 0.459 e. The number of hydrogen-bond acceptors (Lipinski definition) is 7. The van der Waals surface area contributed by atoms with Crippen LogP contribution in [0.4, 0.5) is 0 Å². The Morgan fingerprint density at radius 1 is 0.842 bits per heavy atom. The second-order valence-corrected chi connectivity index (χ2v) is 3.06. The fourth-order valence-electron chi connectivity index (χ4n) is 0.754. The summed E-state index contributed by atoms with van der Waals surface area (Å²) in [6.07, 6.45) is 0. The Hall–Kier alpha value is -2.64. The van der Waals surface area contributed by atoms with Crippen molar-refractivity contribution >= 4 is 11.9 Å². The molecule has 7 heteroatoms. The summed E-state index contributed by atoms with van der Waals surface area (Å²) in [7, 11) is 0. The predicted molar refractivity (Wildman–Crippen MR) is 62.2 cm³/mol. The Morgan fingerprint density at radius 3 is 1.53 bits per heavy atom. The minimum Gasteiger partial charge on any atom is -0.459 e. The third kappa shape index (κ3) is 7.31. The topological polar surface area (TPSA) is 109 Å². The van der Waals surface area contributed by atoms with Gasteiger partial charge in [0.2, 0.25) is 0 Å². The molecule has 0 atom stereocenters. The van der Waals surface area contributed by atoms with E-state index in [2.05, 4.69) is 22.6 Å². The zero-order valence-electron chi connectivity index (χ0n) is 10.2. The molecule has 7 nitrogen and oxygen atoms in total. The SMILES string of the molecule is C=C(C#N)C(=O)OCCOCCOC(=O)C(=C)C#N. The Morgan fingerprint density at radius 2 is 1.21 bits per heavy atom. The summed E-state index contributed by atoms with van der Waals surface area (Å²) in [6.45, 7) is 6.44. The molecule has 0 spiro atoms. The third-order valence-electron chi connectivity index (χ3n) is 1.68. The Labute approximate surface area is 110 Å². The van der Waals surface area contributed by atoms with Gasteiger partial charge in [-0.2, -0.15) is 10.5 Å². The second-order valence-electron chi connectivity index (χ2n) is 3.06. The smallest absolute Gasteiger partial charge is 0.348 e. The van der Waals surface area contributed by atoms with Crippen LogP contribution < -0.4 is 0 Å². The van der Waals surface area contributed by atoms with E-state index in [4.69, 9.17) is 15.3 Å². The highest BCUT2D eigenvalue weighted by Crippen LogP contribution is 1.93. The molecule has 0 aromatic heterocycles. The van der Waals surface area contributed by atoms with E-state index in [1.807, 2.05) is 0 Å². The van der Waals surface area contributed by atoms with E-state index in [1.165, 1.54) is 0 Å². The van der Waals surface area contributed by atoms with Crippen molar-refractivity contribution in [1.29, 1.82) is 10.5 Å². The number of hydrogen-bond donors (Lipinski definition) is 0. The number of nitriles is 2. The molecule has 0 aromatic carbocycles. The quantitative estimate of drug-likeness (QED) is 0.267. The maximum Gasteiger partial charge on any atom is 0.348 e. The molecule has 0 unspecified atom stereocenters. The first-order chi connectivity index (χ1) is 9.02. The van der Waals surface area contributed by atoms with Gasteiger partial charge in [-0.05, 0) is 0 Å². The van der Waals surface area contributed by atoms with Crippen LogP contribution in [0.15, 0.2) is 24.3 Å².